The van der Waals surface area contributed by atoms with Crippen molar-refractivity contribution in [3.63, 3.8) is 0 Å². The second-order valence-electron chi connectivity index (χ2n) is 4.11. The predicted octanol–water partition coefficient (Wildman–Crippen LogP) is 0.792. The third-order valence-corrected chi connectivity index (χ3v) is 3.99. The molecule has 100 valence electrons. The Kier molecular flexibility index (Phi) is 3.39. The minimum absolute atomic E-state index is 0.179. The smallest absolute Gasteiger partial charge is 0.284 e. The van der Waals surface area contributed by atoms with E-state index in [9.17, 15) is 13.2 Å². The van der Waals surface area contributed by atoms with Gasteiger partial charge >= 0.3 is 5.69 Å². The first kappa shape index (κ1) is 13.3. The zero-order valence-corrected chi connectivity index (χ0v) is 11.3. The molecule has 0 N–H and O–H groups in total. The molecule has 0 fully saturated rings. The van der Waals surface area contributed by atoms with E-state index in [1.54, 1.807) is 12.1 Å². The van der Waals surface area contributed by atoms with Crippen molar-refractivity contribution >= 4 is 16.0 Å². The number of rotatable bonds is 3. The molecule has 0 aliphatic carbocycles. The standard InChI is InChI=1S/C12H13N3O3S/c1-10-3-5-11(6-4-10)19(17,18)8-7-15-12(16)14(2)9-13-15/h3-9H,1-2H3/b8-7+. The highest BCUT2D eigenvalue weighted by Gasteiger charge is 2.10. The topological polar surface area (TPSA) is 74.0 Å². The van der Waals surface area contributed by atoms with Gasteiger partial charge in [0.15, 0.2) is 0 Å². The van der Waals surface area contributed by atoms with Gasteiger partial charge in [0.2, 0.25) is 9.84 Å². The van der Waals surface area contributed by atoms with Crippen LogP contribution in [-0.4, -0.2) is 22.8 Å². The van der Waals surface area contributed by atoms with Crippen LogP contribution in [-0.2, 0) is 16.9 Å². The first-order chi connectivity index (χ1) is 8.90. The van der Waals surface area contributed by atoms with E-state index >= 15 is 0 Å². The molecule has 0 saturated carbocycles. The molecule has 0 unspecified atom stereocenters. The summed E-state index contributed by atoms with van der Waals surface area (Å²) in [4.78, 5) is 11.7. The zero-order valence-electron chi connectivity index (χ0n) is 10.5. The largest absolute Gasteiger partial charge is 0.349 e. The van der Waals surface area contributed by atoms with E-state index in [0.29, 0.717) is 0 Å². The summed E-state index contributed by atoms with van der Waals surface area (Å²) in [6.07, 6.45) is 2.45. The van der Waals surface area contributed by atoms with Gasteiger partial charge < -0.3 is 0 Å². The van der Waals surface area contributed by atoms with Gasteiger partial charge in [0, 0.05) is 13.2 Å². The molecule has 2 aromatic rings. The number of hydrogen-bond acceptors (Lipinski definition) is 4. The van der Waals surface area contributed by atoms with Crippen molar-refractivity contribution in [3.05, 3.63) is 52.0 Å². The SMILES string of the molecule is Cc1ccc(S(=O)(=O)/C=C/n2ncn(C)c2=O)cc1. The second kappa shape index (κ2) is 4.85. The van der Waals surface area contributed by atoms with Crippen molar-refractivity contribution < 1.29 is 8.42 Å². The van der Waals surface area contributed by atoms with Crippen molar-refractivity contribution in [1.82, 2.24) is 14.3 Å². The van der Waals surface area contributed by atoms with Crippen LogP contribution in [0.25, 0.3) is 6.20 Å². The monoisotopic (exact) mass is 279 g/mol. The van der Waals surface area contributed by atoms with Crippen LogP contribution in [0.1, 0.15) is 5.56 Å². The van der Waals surface area contributed by atoms with Crippen molar-refractivity contribution in [2.24, 2.45) is 7.05 Å². The van der Waals surface area contributed by atoms with Crippen LogP contribution < -0.4 is 5.69 Å². The molecule has 0 aliphatic heterocycles. The van der Waals surface area contributed by atoms with Crippen LogP contribution in [0.3, 0.4) is 0 Å². The van der Waals surface area contributed by atoms with Crippen molar-refractivity contribution in [3.8, 4) is 0 Å². The maximum absolute atomic E-state index is 12.0. The molecule has 19 heavy (non-hydrogen) atoms. The molecular weight excluding hydrogens is 266 g/mol. The molecule has 7 heteroatoms. The Morgan fingerprint density at radius 1 is 1.21 bits per heavy atom. The quantitative estimate of drug-likeness (QED) is 0.832. The molecule has 0 aliphatic rings. The van der Waals surface area contributed by atoms with Gasteiger partial charge in [-0.05, 0) is 19.1 Å². The fourth-order valence-electron chi connectivity index (χ4n) is 1.44. The van der Waals surface area contributed by atoms with Gasteiger partial charge in [-0.1, -0.05) is 17.7 Å². The summed E-state index contributed by atoms with van der Waals surface area (Å²) in [5, 5.41) is 4.71. The fourth-order valence-corrected chi connectivity index (χ4v) is 2.39. The van der Waals surface area contributed by atoms with Crippen LogP contribution in [0.15, 0.2) is 45.7 Å². The van der Waals surface area contributed by atoms with E-state index in [1.807, 2.05) is 6.92 Å². The highest BCUT2D eigenvalue weighted by Crippen LogP contribution is 2.13. The highest BCUT2D eigenvalue weighted by molar-refractivity contribution is 7.94. The Labute approximate surface area is 110 Å². The van der Waals surface area contributed by atoms with Crippen LogP contribution in [0.4, 0.5) is 0 Å². The van der Waals surface area contributed by atoms with E-state index < -0.39 is 15.5 Å². The first-order valence-corrected chi connectivity index (χ1v) is 7.05. The predicted molar refractivity (Wildman–Crippen MR) is 71.2 cm³/mol. The number of nitrogens with zero attached hydrogens (tertiary/aromatic N) is 3. The van der Waals surface area contributed by atoms with E-state index in [2.05, 4.69) is 5.10 Å². The third-order valence-electron chi connectivity index (χ3n) is 2.58. The molecule has 6 nitrogen and oxygen atoms in total. The van der Waals surface area contributed by atoms with Gasteiger partial charge in [0.25, 0.3) is 0 Å². The summed E-state index contributed by atoms with van der Waals surface area (Å²) in [5.41, 5.74) is 0.569. The Bertz CT molecular complexity index is 767. The van der Waals surface area contributed by atoms with Crippen LogP contribution in [0, 0.1) is 6.92 Å². The van der Waals surface area contributed by atoms with Crippen molar-refractivity contribution in [2.45, 2.75) is 11.8 Å². The summed E-state index contributed by atoms with van der Waals surface area (Å²) >= 11 is 0. The van der Waals surface area contributed by atoms with Gasteiger partial charge in [-0.25, -0.2) is 13.2 Å². The summed E-state index contributed by atoms with van der Waals surface area (Å²) in [7, 11) is -2.04. The average molecular weight is 279 g/mol. The maximum atomic E-state index is 12.0. The molecule has 2 rings (SSSR count). The highest BCUT2D eigenvalue weighted by atomic mass is 32.2. The van der Waals surface area contributed by atoms with Gasteiger partial charge in [-0.15, -0.1) is 0 Å². The summed E-state index contributed by atoms with van der Waals surface area (Å²) in [6, 6.07) is 6.48. The Hall–Kier alpha value is -2.15. The van der Waals surface area contributed by atoms with Gasteiger partial charge in [0.1, 0.15) is 6.33 Å². The van der Waals surface area contributed by atoms with Crippen LogP contribution in [0.2, 0.25) is 0 Å². The van der Waals surface area contributed by atoms with E-state index in [4.69, 9.17) is 0 Å². The maximum Gasteiger partial charge on any atom is 0.349 e. The van der Waals surface area contributed by atoms with E-state index in [1.165, 1.54) is 30.1 Å². The number of hydrogen-bond donors (Lipinski definition) is 0. The summed E-state index contributed by atoms with van der Waals surface area (Å²) < 4.78 is 26.2. The lowest BCUT2D eigenvalue weighted by molar-refractivity contribution is 0.604. The minimum Gasteiger partial charge on any atom is -0.284 e. The number of aryl methyl sites for hydroxylation is 2. The molecule has 1 aromatic heterocycles. The molecule has 1 heterocycles. The number of aromatic nitrogens is 3. The Morgan fingerprint density at radius 2 is 1.84 bits per heavy atom. The van der Waals surface area contributed by atoms with Gasteiger partial charge in [-0.2, -0.15) is 9.78 Å². The van der Waals surface area contributed by atoms with Crippen molar-refractivity contribution in [2.75, 3.05) is 0 Å². The van der Waals surface area contributed by atoms with Crippen LogP contribution >= 0.6 is 0 Å². The second-order valence-corrected chi connectivity index (χ2v) is 5.95. The lowest BCUT2D eigenvalue weighted by atomic mass is 10.2. The van der Waals surface area contributed by atoms with Crippen molar-refractivity contribution in [1.29, 1.82) is 0 Å². The minimum atomic E-state index is -3.57. The molecule has 0 amide bonds. The molecule has 0 spiro atoms. The normalized spacial score (nSPS) is 12.1. The summed E-state index contributed by atoms with van der Waals surface area (Å²) in [6.45, 7) is 1.87. The lowest BCUT2D eigenvalue weighted by Crippen LogP contribution is -2.19. The van der Waals surface area contributed by atoms with E-state index in [-0.39, 0.29) is 4.90 Å². The number of benzene rings is 1. The molecular formula is C12H13N3O3S. The Morgan fingerprint density at radius 3 is 2.37 bits per heavy atom. The zero-order chi connectivity index (χ0) is 14.0. The lowest BCUT2D eigenvalue weighted by Gasteiger charge is -1.99. The Balaban J connectivity index is 2.34. The summed E-state index contributed by atoms with van der Waals surface area (Å²) in [5.74, 6) is 0. The third kappa shape index (κ3) is 2.82. The molecule has 1 aromatic carbocycles. The van der Waals surface area contributed by atoms with E-state index in [0.717, 1.165) is 21.9 Å². The molecule has 0 atom stereocenters. The van der Waals surface area contributed by atoms with Gasteiger partial charge in [-0.3, -0.25) is 4.57 Å². The average Bonchev–Trinajstić information content (AvgIpc) is 2.68. The molecule has 0 saturated heterocycles. The van der Waals surface area contributed by atoms with Gasteiger partial charge in [0.05, 0.1) is 10.3 Å². The number of sulfone groups is 1. The first-order valence-electron chi connectivity index (χ1n) is 5.50. The fraction of sp³-hybridized carbons (Fsp3) is 0.167. The molecule has 0 bridgehead atoms. The molecule has 0 radical (unpaired) electrons. The van der Waals surface area contributed by atoms with Crippen LogP contribution in [0.5, 0.6) is 0 Å².